The van der Waals surface area contributed by atoms with Gasteiger partial charge in [-0.05, 0) is 48.6 Å². The monoisotopic (exact) mass is 275 g/mol. The topological polar surface area (TPSA) is 12.0 Å². The predicted molar refractivity (Wildman–Crippen MR) is 76.9 cm³/mol. The van der Waals surface area contributed by atoms with E-state index in [0.29, 0.717) is 11.6 Å². The summed E-state index contributed by atoms with van der Waals surface area (Å²) in [5, 5.41) is 4.05. The lowest BCUT2D eigenvalue weighted by Gasteiger charge is -2.20. The second-order valence-corrected chi connectivity index (χ2v) is 5.43. The molecule has 1 nitrogen and oxygen atoms in total. The Morgan fingerprint density at radius 2 is 1.74 bits per heavy atom. The van der Waals surface area contributed by atoms with E-state index in [1.54, 1.807) is 12.1 Å². The number of nitrogens with one attached hydrogen (secondary N) is 1. The Kier molecular flexibility index (Phi) is 3.43. The zero-order valence-corrected chi connectivity index (χ0v) is 11.2. The van der Waals surface area contributed by atoms with Crippen LogP contribution < -0.4 is 5.32 Å². The molecule has 0 spiro atoms. The number of halogens is 2. The summed E-state index contributed by atoms with van der Waals surface area (Å²) in [6, 6.07) is 14.8. The summed E-state index contributed by atoms with van der Waals surface area (Å²) in [6.45, 7) is 0. The molecule has 19 heavy (non-hydrogen) atoms. The lowest BCUT2D eigenvalue weighted by Crippen LogP contribution is -2.13. The highest BCUT2D eigenvalue weighted by Crippen LogP contribution is 2.43. The van der Waals surface area contributed by atoms with Crippen LogP contribution in [0.4, 0.5) is 10.1 Å². The molecule has 0 amide bonds. The summed E-state index contributed by atoms with van der Waals surface area (Å²) >= 11 is 5.92. The van der Waals surface area contributed by atoms with Gasteiger partial charge in [-0.1, -0.05) is 35.9 Å². The van der Waals surface area contributed by atoms with Gasteiger partial charge in [0, 0.05) is 5.02 Å². The summed E-state index contributed by atoms with van der Waals surface area (Å²) < 4.78 is 13.7. The van der Waals surface area contributed by atoms with E-state index in [4.69, 9.17) is 11.6 Å². The molecule has 1 fully saturated rings. The molecule has 98 valence electrons. The van der Waals surface area contributed by atoms with Crippen molar-refractivity contribution < 1.29 is 4.39 Å². The molecular formula is C16H15ClFN. The minimum Gasteiger partial charge on any atom is -0.376 e. The van der Waals surface area contributed by atoms with Crippen molar-refractivity contribution in [2.75, 3.05) is 5.32 Å². The first-order chi connectivity index (χ1) is 9.24. The van der Waals surface area contributed by atoms with Gasteiger partial charge in [0.2, 0.25) is 0 Å². The molecule has 1 unspecified atom stereocenters. The molecule has 1 saturated carbocycles. The lowest BCUT2D eigenvalue weighted by molar-refractivity contribution is 0.616. The fraction of sp³-hybridized carbons (Fsp3) is 0.250. The van der Waals surface area contributed by atoms with Crippen LogP contribution in [0, 0.1) is 11.7 Å². The summed E-state index contributed by atoms with van der Waals surface area (Å²) in [5.41, 5.74) is 1.73. The quantitative estimate of drug-likeness (QED) is 0.824. The van der Waals surface area contributed by atoms with Gasteiger partial charge in [-0.15, -0.1) is 0 Å². The molecule has 0 heterocycles. The number of rotatable bonds is 4. The van der Waals surface area contributed by atoms with Gasteiger partial charge in [0.25, 0.3) is 0 Å². The van der Waals surface area contributed by atoms with Crippen molar-refractivity contribution >= 4 is 17.3 Å². The first kappa shape index (κ1) is 12.5. The van der Waals surface area contributed by atoms with Gasteiger partial charge in [0.1, 0.15) is 5.82 Å². The van der Waals surface area contributed by atoms with E-state index < -0.39 is 0 Å². The van der Waals surface area contributed by atoms with E-state index in [0.717, 1.165) is 10.6 Å². The Morgan fingerprint density at radius 3 is 2.37 bits per heavy atom. The number of anilines is 1. The van der Waals surface area contributed by atoms with Crippen molar-refractivity contribution in [3.05, 3.63) is 64.9 Å². The smallest absolute Gasteiger partial charge is 0.146 e. The van der Waals surface area contributed by atoms with Crippen LogP contribution in [0.15, 0.2) is 48.5 Å². The lowest BCUT2D eigenvalue weighted by atomic mass is 10.0. The molecule has 2 aromatic rings. The third kappa shape index (κ3) is 2.90. The van der Waals surface area contributed by atoms with E-state index in [-0.39, 0.29) is 11.9 Å². The zero-order chi connectivity index (χ0) is 13.2. The van der Waals surface area contributed by atoms with Crippen molar-refractivity contribution in [2.45, 2.75) is 18.9 Å². The molecule has 1 aliphatic rings. The van der Waals surface area contributed by atoms with Crippen LogP contribution >= 0.6 is 11.6 Å². The molecule has 2 aromatic carbocycles. The van der Waals surface area contributed by atoms with Crippen molar-refractivity contribution in [1.82, 2.24) is 0 Å². The predicted octanol–water partition coefficient (Wildman–Crippen LogP) is 5.04. The molecule has 1 N–H and O–H groups in total. The summed E-state index contributed by atoms with van der Waals surface area (Å²) in [5.74, 6) is 0.378. The standard InChI is InChI=1S/C16H15ClFN/c17-13-9-7-12(8-10-13)16(11-5-6-11)19-15-4-2-1-3-14(15)18/h1-4,7-11,16,19H,5-6H2. The maximum atomic E-state index is 13.7. The summed E-state index contributed by atoms with van der Waals surface area (Å²) in [7, 11) is 0. The van der Waals surface area contributed by atoms with Gasteiger partial charge in [0.05, 0.1) is 11.7 Å². The van der Waals surface area contributed by atoms with Gasteiger partial charge in [-0.2, -0.15) is 0 Å². The van der Waals surface area contributed by atoms with E-state index in [2.05, 4.69) is 5.32 Å². The van der Waals surface area contributed by atoms with Crippen molar-refractivity contribution in [3.63, 3.8) is 0 Å². The molecule has 0 aliphatic heterocycles. The fourth-order valence-electron chi connectivity index (χ4n) is 2.32. The van der Waals surface area contributed by atoms with Crippen molar-refractivity contribution in [1.29, 1.82) is 0 Å². The molecule has 0 radical (unpaired) electrons. The normalized spacial score (nSPS) is 16.1. The molecule has 1 aliphatic carbocycles. The minimum atomic E-state index is -0.206. The third-order valence-corrected chi connectivity index (χ3v) is 3.76. The number of hydrogen-bond donors (Lipinski definition) is 1. The Hall–Kier alpha value is -1.54. The van der Waals surface area contributed by atoms with E-state index >= 15 is 0 Å². The summed E-state index contributed by atoms with van der Waals surface area (Å²) in [6.07, 6.45) is 2.38. The maximum Gasteiger partial charge on any atom is 0.146 e. The van der Waals surface area contributed by atoms with Gasteiger partial charge >= 0.3 is 0 Å². The van der Waals surface area contributed by atoms with E-state index in [9.17, 15) is 4.39 Å². The molecule has 0 bridgehead atoms. The Bertz CT molecular complexity index is 563. The zero-order valence-electron chi connectivity index (χ0n) is 10.4. The highest BCUT2D eigenvalue weighted by Gasteiger charge is 2.32. The number of hydrogen-bond acceptors (Lipinski definition) is 1. The van der Waals surface area contributed by atoms with Crippen LogP contribution in [-0.4, -0.2) is 0 Å². The van der Waals surface area contributed by atoms with Crippen LogP contribution in [0.3, 0.4) is 0 Å². The van der Waals surface area contributed by atoms with Crippen LogP contribution in [0.25, 0.3) is 0 Å². The van der Waals surface area contributed by atoms with E-state index in [1.807, 2.05) is 30.3 Å². The average Bonchev–Trinajstić information content (AvgIpc) is 3.24. The van der Waals surface area contributed by atoms with Crippen LogP contribution in [0.5, 0.6) is 0 Å². The van der Waals surface area contributed by atoms with Crippen LogP contribution in [0.1, 0.15) is 24.4 Å². The second-order valence-electron chi connectivity index (χ2n) is 4.99. The minimum absolute atomic E-state index is 0.161. The average molecular weight is 276 g/mol. The summed E-state index contributed by atoms with van der Waals surface area (Å²) in [4.78, 5) is 0. The molecule has 3 rings (SSSR count). The number of para-hydroxylation sites is 1. The van der Waals surface area contributed by atoms with Crippen LogP contribution in [0.2, 0.25) is 5.02 Å². The van der Waals surface area contributed by atoms with Gasteiger partial charge in [0.15, 0.2) is 0 Å². The highest BCUT2D eigenvalue weighted by molar-refractivity contribution is 6.30. The molecule has 0 saturated heterocycles. The van der Waals surface area contributed by atoms with Gasteiger partial charge in [-0.3, -0.25) is 0 Å². The number of benzene rings is 2. The van der Waals surface area contributed by atoms with Crippen molar-refractivity contribution in [2.24, 2.45) is 5.92 Å². The molecular weight excluding hydrogens is 261 g/mol. The molecule has 3 heteroatoms. The highest BCUT2D eigenvalue weighted by atomic mass is 35.5. The van der Waals surface area contributed by atoms with Crippen molar-refractivity contribution in [3.8, 4) is 0 Å². The first-order valence-electron chi connectivity index (χ1n) is 6.50. The SMILES string of the molecule is Fc1ccccc1NC(c1ccc(Cl)cc1)C1CC1. The Labute approximate surface area is 117 Å². The largest absolute Gasteiger partial charge is 0.376 e. The second kappa shape index (κ2) is 5.22. The van der Waals surface area contributed by atoms with E-state index in [1.165, 1.54) is 18.9 Å². The fourth-order valence-corrected chi connectivity index (χ4v) is 2.44. The first-order valence-corrected chi connectivity index (χ1v) is 6.88. The van der Waals surface area contributed by atoms with Crippen LogP contribution in [-0.2, 0) is 0 Å². The van der Waals surface area contributed by atoms with Gasteiger partial charge in [-0.25, -0.2) is 4.39 Å². The van der Waals surface area contributed by atoms with Gasteiger partial charge < -0.3 is 5.32 Å². The molecule has 1 atom stereocenters. The Morgan fingerprint density at radius 1 is 1.05 bits per heavy atom. The third-order valence-electron chi connectivity index (χ3n) is 3.51. The Balaban J connectivity index is 1.86. The molecule has 0 aromatic heterocycles. The maximum absolute atomic E-state index is 13.7.